The van der Waals surface area contributed by atoms with Crippen LogP contribution in [0.3, 0.4) is 0 Å². The zero-order valence-electron chi connectivity index (χ0n) is 8.75. The predicted octanol–water partition coefficient (Wildman–Crippen LogP) is 1.10. The molecular weight excluding hydrogens is 245 g/mol. The third-order valence-corrected chi connectivity index (χ3v) is 2.05. The summed E-state index contributed by atoms with van der Waals surface area (Å²) in [4.78, 5) is 21.5. The zero-order valence-corrected chi connectivity index (χ0v) is 8.75. The van der Waals surface area contributed by atoms with Crippen molar-refractivity contribution in [3.8, 4) is 0 Å². The Kier molecular flexibility index (Phi) is 2.96. The number of carbonyl (C=O) groups excluding carboxylic acids is 1. The Morgan fingerprint density at radius 2 is 2.28 bits per heavy atom. The van der Waals surface area contributed by atoms with Crippen molar-refractivity contribution in [2.24, 2.45) is 0 Å². The number of aromatic nitrogens is 3. The molecule has 1 amide bonds. The lowest BCUT2D eigenvalue weighted by molar-refractivity contribution is -0.384. The molecule has 2 N–H and O–H groups in total. The van der Waals surface area contributed by atoms with Crippen LogP contribution in [0.2, 0.25) is 0 Å². The number of amides is 1. The van der Waals surface area contributed by atoms with E-state index < -0.39 is 22.3 Å². The number of nitro benzene ring substituents is 1. The predicted molar refractivity (Wildman–Crippen MR) is 57.4 cm³/mol. The van der Waals surface area contributed by atoms with Crippen molar-refractivity contribution in [2.45, 2.75) is 0 Å². The molecule has 1 aromatic carbocycles. The summed E-state index contributed by atoms with van der Waals surface area (Å²) in [6.45, 7) is 0. The molecule has 2 rings (SSSR count). The maximum atomic E-state index is 12.9. The Morgan fingerprint density at radius 3 is 2.89 bits per heavy atom. The molecule has 2 aromatic rings. The van der Waals surface area contributed by atoms with Gasteiger partial charge in [0, 0.05) is 0 Å². The highest BCUT2D eigenvalue weighted by Crippen LogP contribution is 2.25. The molecule has 1 heterocycles. The second-order valence-electron chi connectivity index (χ2n) is 3.23. The van der Waals surface area contributed by atoms with Crippen LogP contribution in [0.5, 0.6) is 0 Å². The lowest BCUT2D eigenvalue weighted by Gasteiger charge is -2.03. The van der Waals surface area contributed by atoms with Crippen LogP contribution in [0.25, 0.3) is 0 Å². The van der Waals surface area contributed by atoms with E-state index in [1.807, 2.05) is 0 Å². The first kappa shape index (κ1) is 11.6. The van der Waals surface area contributed by atoms with Crippen molar-refractivity contribution in [1.29, 1.82) is 0 Å². The summed E-state index contributed by atoms with van der Waals surface area (Å²) < 4.78 is 12.9. The second kappa shape index (κ2) is 4.57. The number of nitrogens with zero attached hydrogens (tertiary/aromatic N) is 3. The molecule has 9 heteroatoms. The Labute approximate surface area is 99.0 Å². The molecule has 0 spiro atoms. The van der Waals surface area contributed by atoms with Crippen LogP contribution in [0, 0.1) is 15.9 Å². The maximum Gasteiger partial charge on any atom is 0.295 e. The minimum absolute atomic E-state index is 0.0337. The lowest BCUT2D eigenvalue weighted by Crippen LogP contribution is -2.13. The SMILES string of the molecule is O=C(Nc1ccc(F)cc1[N+](=O)[O-])c1cn[nH]n1. The van der Waals surface area contributed by atoms with Crippen molar-refractivity contribution >= 4 is 17.3 Å². The Morgan fingerprint density at radius 1 is 1.50 bits per heavy atom. The topological polar surface area (TPSA) is 114 Å². The van der Waals surface area contributed by atoms with E-state index in [2.05, 4.69) is 20.7 Å². The van der Waals surface area contributed by atoms with Gasteiger partial charge in [-0.15, -0.1) is 0 Å². The summed E-state index contributed by atoms with van der Waals surface area (Å²) in [7, 11) is 0. The summed E-state index contributed by atoms with van der Waals surface area (Å²) in [6, 6.07) is 2.83. The van der Waals surface area contributed by atoms with Crippen molar-refractivity contribution < 1.29 is 14.1 Å². The summed E-state index contributed by atoms with van der Waals surface area (Å²) in [5.41, 5.74) is -0.685. The third-order valence-electron chi connectivity index (χ3n) is 2.05. The van der Waals surface area contributed by atoms with Gasteiger partial charge in [-0.25, -0.2) is 4.39 Å². The number of anilines is 1. The molecule has 0 aliphatic heterocycles. The number of carbonyl (C=O) groups is 1. The molecule has 0 aliphatic rings. The number of rotatable bonds is 3. The van der Waals surface area contributed by atoms with E-state index in [1.165, 1.54) is 0 Å². The van der Waals surface area contributed by atoms with Crippen LogP contribution in [-0.2, 0) is 0 Å². The summed E-state index contributed by atoms with van der Waals surface area (Å²) in [6.07, 6.45) is 1.16. The van der Waals surface area contributed by atoms with Gasteiger partial charge in [-0.05, 0) is 12.1 Å². The standard InChI is InChI=1S/C9H6FN5O3/c10-5-1-2-6(8(3-5)15(17)18)12-9(16)7-4-11-14-13-7/h1-4H,(H,12,16)(H,11,13,14). The molecule has 0 aliphatic carbocycles. The van der Waals surface area contributed by atoms with E-state index in [1.54, 1.807) is 0 Å². The largest absolute Gasteiger partial charge is 0.315 e. The van der Waals surface area contributed by atoms with E-state index in [-0.39, 0.29) is 11.4 Å². The first-order chi connectivity index (χ1) is 8.58. The molecule has 1 aromatic heterocycles. The minimum Gasteiger partial charge on any atom is -0.315 e. The fourth-order valence-corrected chi connectivity index (χ4v) is 1.26. The molecule has 8 nitrogen and oxygen atoms in total. The molecule has 92 valence electrons. The first-order valence-electron chi connectivity index (χ1n) is 4.69. The number of halogens is 1. The number of H-pyrrole nitrogens is 1. The van der Waals surface area contributed by atoms with Gasteiger partial charge in [0.2, 0.25) is 0 Å². The third kappa shape index (κ3) is 2.29. The quantitative estimate of drug-likeness (QED) is 0.626. The van der Waals surface area contributed by atoms with Crippen LogP contribution in [0.1, 0.15) is 10.5 Å². The van der Waals surface area contributed by atoms with Gasteiger partial charge in [-0.2, -0.15) is 15.4 Å². The number of benzene rings is 1. The highest BCUT2D eigenvalue weighted by molar-refractivity contribution is 6.03. The number of hydrogen-bond acceptors (Lipinski definition) is 5. The lowest BCUT2D eigenvalue weighted by atomic mass is 10.2. The van der Waals surface area contributed by atoms with E-state index >= 15 is 0 Å². The normalized spacial score (nSPS) is 10.1. The van der Waals surface area contributed by atoms with Gasteiger partial charge >= 0.3 is 0 Å². The van der Waals surface area contributed by atoms with Crippen LogP contribution in [0.15, 0.2) is 24.4 Å². The summed E-state index contributed by atoms with van der Waals surface area (Å²) in [5, 5.41) is 22.1. The fraction of sp³-hybridized carbons (Fsp3) is 0. The monoisotopic (exact) mass is 251 g/mol. The van der Waals surface area contributed by atoms with Crippen LogP contribution >= 0.6 is 0 Å². The van der Waals surface area contributed by atoms with Crippen LogP contribution in [-0.4, -0.2) is 26.2 Å². The van der Waals surface area contributed by atoms with Gasteiger partial charge < -0.3 is 5.32 Å². The number of hydrogen-bond donors (Lipinski definition) is 2. The second-order valence-corrected chi connectivity index (χ2v) is 3.23. The molecule has 0 unspecified atom stereocenters. The Balaban J connectivity index is 2.29. The van der Waals surface area contributed by atoms with E-state index in [9.17, 15) is 19.3 Å². The first-order valence-corrected chi connectivity index (χ1v) is 4.69. The van der Waals surface area contributed by atoms with E-state index in [0.717, 1.165) is 24.4 Å². The van der Waals surface area contributed by atoms with Crippen LogP contribution < -0.4 is 5.32 Å². The van der Waals surface area contributed by atoms with Crippen molar-refractivity contribution in [1.82, 2.24) is 15.4 Å². The minimum atomic E-state index is -0.790. The average Bonchev–Trinajstić information content (AvgIpc) is 2.84. The van der Waals surface area contributed by atoms with Crippen LogP contribution in [0.4, 0.5) is 15.8 Å². The number of aromatic amines is 1. The fourth-order valence-electron chi connectivity index (χ4n) is 1.26. The van der Waals surface area contributed by atoms with Crippen molar-refractivity contribution in [3.63, 3.8) is 0 Å². The molecular formula is C9H6FN5O3. The molecule has 18 heavy (non-hydrogen) atoms. The number of nitrogens with one attached hydrogen (secondary N) is 2. The maximum absolute atomic E-state index is 12.9. The average molecular weight is 251 g/mol. The van der Waals surface area contributed by atoms with Gasteiger partial charge in [0.25, 0.3) is 11.6 Å². The van der Waals surface area contributed by atoms with Gasteiger partial charge in [0.15, 0.2) is 5.69 Å². The van der Waals surface area contributed by atoms with Crippen molar-refractivity contribution in [3.05, 3.63) is 46.0 Å². The Hall–Kier alpha value is -2.84. The van der Waals surface area contributed by atoms with Gasteiger partial charge in [0.1, 0.15) is 11.5 Å². The summed E-state index contributed by atoms with van der Waals surface area (Å²) in [5.74, 6) is -1.44. The molecule has 0 radical (unpaired) electrons. The highest BCUT2D eigenvalue weighted by Gasteiger charge is 2.18. The number of nitro groups is 1. The summed E-state index contributed by atoms with van der Waals surface area (Å²) >= 11 is 0. The smallest absolute Gasteiger partial charge is 0.295 e. The Bertz CT molecular complexity index is 598. The molecule has 0 atom stereocenters. The molecule has 0 saturated heterocycles. The van der Waals surface area contributed by atoms with Crippen molar-refractivity contribution in [2.75, 3.05) is 5.32 Å². The highest BCUT2D eigenvalue weighted by atomic mass is 19.1. The molecule has 0 fully saturated rings. The van der Waals surface area contributed by atoms with E-state index in [4.69, 9.17) is 0 Å². The van der Waals surface area contributed by atoms with E-state index in [0.29, 0.717) is 0 Å². The van der Waals surface area contributed by atoms with Gasteiger partial charge in [-0.1, -0.05) is 0 Å². The zero-order chi connectivity index (χ0) is 13.1. The molecule has 0 bridgehead atoms. The van der Waals surface area contributed by atoms with Gasteiger partial charge in [-0.3, -0.25) is 14.9 Å². The van der Waals surface area contributed by atoms with Gasteiger partial charge in [0.05, 0.1) is 17.2 Å². The molecule has 0 saturated carbocycles.